The van der Waals surface area contributed by atoms with Crippen molar-refractivity contribution in [3.8, 4) is 0 Å². The van der Waals surface area contributed by atoms with E-state index in [1.165, 1.54) is 13.8 Å². The van der Waals surface area contributed by atoms with Gasteiger partial charge in [-0.2, -0.15) is 0 Å². The molecular formula is C9H15BNO3. The van der Waals surface area contributed by atoms with Crippen molar-refractivity contribution in [3.63, 3.8) is 0 Å². The highest BCUT2D eigenvalue weighted by molar-refractivity contribution is 6.64. The first-order valence-electron chi connectivity index (χ1n) is 5.01. The van der Waals surface area contributed by atoms with Crippen LogP contribution in [0.5, 0.6) is 0 Å². The van der Waals surface area contributed by atoms with E-state index in [1.807, 2.05) is 0 Å². The molecule has 1 atom stereocenters. The van der Waals surface area contributed by atoms with Crippen molar-refractivity contribution in [1.82, 2.24) is 5.23 Å². The molecular weight excluding hydrogens is 181 g/mol. The zero-order valence-corrected chi connectivity index (χ0v) is 8.11. The number of hydrogen-bond acceptors (Lipinski definition) is 3. The quantitative estimate of drug-likeness (QED) is 0.493. The van der Waals surface area contributed by atoms with Crippen LogP contribution >= 0.6 is 0 Å². The molecule has 1 fully saturated rings. The summed E-state index contributed by atoms with van der Waals surface area (Å²) >= 11 is 0. The van der Waals surface area contributed by atoms with Gasteiger partial charge in [-0.25, -0.2) is 0 Å². The van der Waals surface area contributed by atoms with Crippen LogP contribution in [0.4, 0.5) is 0 Å². The predicted octanol–water partition coefficient (Wildman–Crippen LogP) is 0.419. The highest BCUT2D eigenvalue weighted by Gasteiger charge is 2.28. The Morgan fingerprint density at radius 1 is 1.43 bits per heavy atom. The summed E-state index contributed by atoms with van der Waals surface area (Å²) in [7, 11) is 1.17. The topological polar surface area (TPSA) is 66.4 Å². The molecule has 1 aliphatic carbocycles. The fourth-order valence-electron chi connectivity index (χ4n) is 2.02. The van der Waals surface area contributed by atoms with Gasteiger partial charge in [-0.05, 0) is 18.8 Å². The number of carbonyl (C=O) groups excluding carboxylic acids is 1. The Kier molecular flexibility index (Phi) is 4.66. The highest BCUT2D eigenvalue weighted by atomic mass is 16.4. The van der Waals surface area contributed by atoms with Crippen LogP contribution < -0.4 is 5.23 Å². The smallest absolute Gasteiger partial charge is 0.319 e. The van der Waals surface area contributed by atoms with Crippen LogP contribution in [0.2, 0.25) is 0 Å². The average Bonchev–Trinajstić information content (AvgIpc) is 2.19. The molecule has 0 aromatic carbocycles. The molecule has 1 aliphatic rings. The molecule has 4 nitrogen and oxygen atoms in total. The van der Waals surface area contributed by atoms with E-state index < -0.39 is 12.0 Å². The van der Waals surface area contributed by atoms with Crippen molar-refractivity contribution in [2.24, 2.45) is 5.92 Å². The lowest BCUT2D eigenvalue weighted by Gasteiger charge is -2.27. The number of carbonyl (C=O) groups is 2. The van der Waals surface area contributed by atoms with Crippen molar-refractivity contribution in [1.29, 1.82) is 0 Å². The third-order valence-corrected chi connectivity index (χ3v) is 2.73. The maximum Gasteiger partial charge on any atom is 0.319 e. The van der Waals surface area contributed by atoms with Crippen molar-refractivity contribution in [2.45, 2.75) is 38.1 Å². The maximum atomic E-state index is 10.9. The summed E-state index contributed by atoms with van der Waals surface area (Å²) in [5.41, 5.74) is 0. The minimum Gasteiger partial charge on any atom is -0.480 e. The maximum absolute atomic E-state index is 10.9. The minimum atomic E-state index is -0.866. The molecule has 0 heterocycles. The van der Waals surface area contributed by atoms with Crippen molar-refractivity contribution in [2.75, 3.05) is 0 Å². The molecule has 1 saturated carbocycles. The van der Waals surface area contributed by atoms with Gasteiger partial charge in [-0.15, -0.1) is 0 Å². The van der Waals surface area contributed by atoms with Gasteiger partial charge in [0.2, 0.25) is 0 Å². The van der Waals surface area contributed by atoms with Crippen LogP contribution in [-0.4, -0.2) is 30.7 Å². The van der Waals surface area contributed by atoms with Gasteiger partial charge in [0.25, 0.3) is 7.41 Å². The van der Waals surface area contributed by atoms with Gasteiger partial charge in [0.1, 0.15) is 0 Å². The van der Waals surface area contributed by atoms with E-state index in [2.05, 4.69) is 5.23 Å². The molecule has 0 aromatic heterocycles. The van der Waals surface area contributed by atoms with E-state index in [4.69, 9.17) is 5.11 Å². The summed E-state index contributed by atoms with van der Waals surface area (Å²) in [6.07, 6.45) is 5.85. The summed E-state index contributed by atoms with van der Waals surface area (Å²) in [4.78, 5) is 21.0. The monoisotopic (exact) mass is 196 g/mol. The summed E-state index contributed by atoms with van der Waals surface area (Å²) in [6, 6.07) is -0.597. The second kappa shape index (κ2) is 5.80. The fourth-order valence-corrected chi connectivity index (χ4v) is 2.02. The first kappa shape index (κ1) is 11.2. The number of nitrogens with one attached hydrogen (secondary N) is 1. The second-order valence-corrected chi connectivity index (χ2v) is 3.68. The lowest BCUT2D eigenvalue weighted by Crippen LogP contribution is -2.45. The van der Waals surface area contributed by atoms with E-state index in [9.17, 15) is 9.59 Å². The molecule has 2 N–H and O–H groups in total. The molecule has 1 rings (SSSR count). The molecule has 0 aliphatic heterocycles. The molecule has 1 radical (unpaired) electrons. The van der Waals surface area contributed by atoms with Gasteiger partial charge in [0.05, 0.1) is 12.2 Å². The molecule has 5 heteroatoms. The summed E-state index contributed by atoms with van der Waals surface area (Å²) in [5, 5.41) is 11.6. The van der Waals surface area contributed by atoms with Crippen LogP contribution in [0.3, 0.4) is 0 Å². The van der Waals surface area contributed by atoms with Gasteiger partial charge in [-0.3, -0.25) is 4.79 Å². The largest absolute Gasteiger partial charge is 0.480 e. The molecule has 0 aromatic rings. The third kappa shape index (κ3) is 3.14. The molecule has 0 saturated heterocycles. The number of carboxylic acid groups (broad SMARTS) is 1. The summed E-state index contributed by atoms with van der Waals surface area (Å²) in [6.45, 7) is 0. The van der Waals surface area contributed by atoms with E-state index in [1.54, 1.807) is 0 Å². The van der Waals surface area contributed by atoms with E-state index in [0.717, 1.165) is 25.7 Å². The number of rotatable bonds is 5. The second-order valence-electron chi connectivity index (χ2n) is 3.68. The molecule has 0 bridgehead atoms. The van der Waals surface area contributed by atoms with Crippen LogP contribution in [0, 0.1) is 5.92 Å². The Balaban J connectivity index is 2.46. The van der Waals surface area contributed by atoms with Gasteiger partial charge < -0.3 is 15.1 Å². The Hall–Kier alpha value is -0.835. The Labute approximate surface area is 84.3 Å². The number of aliphatic carboxylic acids is 1. The van der Waals surface area contributed by atoms with Crippen molar-refractivity contribution < 1.29 is 14.7 Å². The zero-order chi connectivity index (χ0) is 10.4. The van der Waals surface area contributed by atoms with Crippen molar-refractivity contribution in [3.05, 3.63) is 0 Å². The molecule has 0 unspecified atom stereocenters. The number of carboxylic acids is 1. The summed E-state index contributed by atoms with van der Waals surface area (Å²) < 4.78 is 0. The number of hydrogen-bond donors (Lipinski definition) is 2. The standard InChI is InChI=1S/C9H15BNO3/c12-6-10-11-8(9(13)14)7-4-2-1-3-5-7/h6-8,11H,1-5H2,(H,13,14)/t8-/m0/s1. The molecule has 0 amide bonds. The molecule has 77 valence electrons. The zero-order valence-electron chi connectivity index (χ0n) is 8.11. The lowest BCUT2D eigenvalue weighted by molar-refractivity contribution is -0.140. The minimum absolute atomic E-state index is 0.164. The Morgan fingerprint density at radius 3 is 2.57 bits per heavy atom. The van der Waals surface area contributed by atoms with Crippen LogP contribution in [-0.2, 0) is 9.59 Å². The fraction of sp³-hybridized carbons (Fsp3) is 0.778. The van der Waals surface area contributed by atoms with Gasteiger partial charge >= 0.3 is 5.97 Å². The lowest BCUT2D eigenvalue weighted by atomic mass is 9.81. The van der Waals surface area contributed by atoms with Gasteiger partial charge in [0.15, 0.2) is 0 Å². The Morgan fingerprint density at radius 2 is 2.07 bits per heavy atom. The first-order chi connectivity index (χ1) is 6.75. The normalized spacial score (nSPS) is 20.0. The predicted molar refractivity (Wildman–Crippen MR) is 53.6 cm³/mol. The third-order valence-electron chi connectivity index (χ3n) is 2.73. The first-order valence-corrected chi connectivity index (χ1v) is 5.01. The molecule has 14 heavy (non-hydrogen) atoms. The SMILES string of the molecule is O=C[B]N[C@H](C(=O)O)C1CCCCC1. The van der Waals surface area contributed by atoms with Crippen LogP contribution in [0.25, 0.3) is 0 Å². The van der Waals surface area contributed by atoms with Gasteiger partial charge in [-0.1, -0.05) is 19.3 Å². The van der Waals surface area contributed by atoms with E-state index in [-0.39, 0.29) is 5.92 Å². The van der Waals surface area contributed by atoms with E-state index in [0.29, 0.717) is 6.19 Å². The summed E-state index contributed by atoms with van der Waals surface area (Å²) in [5.74, 6) is -0.701. The van der Waals surface area contributed by atoms with Gasteiger partial charge in [0, 0.05) is 0 Å². The van der Waals surface area contributed by atoms with Crippen LogP contribution in [0.15, 0.2) is 0 Å². The van der Waals surface area contributed by atoms with Crippen molar-refractivity contribution >= 4 is 19.6 Å². The highest BCUT2D eigenvalue weighted by Crippen LogP contribution is 2.26. The van der Waals surface area contributed by atoms with Crippen LogP contribution in [0.1, 0.15) is 32.1 Å². The average molecular weight is 196 g/mol. The molecule has 0 spiro atoms. The van der Waals surface area contributed by atoms with E-state index >= 15 is 0 Å². The Bertz CT molecular complexity index is 204.